The molecule has 1 unspecified atom stereocenters. The molecule has 46 heavy (non-hydrogen) atoms. The second kappa shape index (κ2) is 14.2. The van der Waals surface area contributed by atoms with Crippen LogP contribution in [0.5, 0.6) is 0 Å². The largest absolute Gasteiger partial charge is 0.377 e. The monoisotopic (exact) mass is 704 g/mol. The van der Waals surface area contributed by atoms with E-state index in [0.717, 1.165) is 77.2 Å². The molecule has 6 aromatic heterocycles. The molecule has 7 rings (SSSR count). The summed E-state index contributed by atoms with van der Waals surface area (Å²) in [5.74, 6) is 0.605. The number of benzene rings is 1. The lowest BCUT2D eigenvalue weighted by Gasteiger charge is -2.14. The van der Waals surface area contributed by atoms with E-state index in [1.54, 1.807) is 51.4 Å². The number of halogens is 1. The molecule has 1 aromatic carbocycles. The first-order valence-corrected chi connectivity index (χ1v) is 20.3. The minimum Gasteiger partial charge on any atom is -0.377 e. The summed E-state index contributed by atoms with van der Waals surface area (Å²) in [7, 11) is 0. The Labute approximate surface area is 289 Å². The Hall–Kier alpha value is -2.76. The molecule has 0 aliphatic carbocycles. The summed E-state index contributed by atoms with van der Waals surface area (Å²) in [4.78, 5) is 8.14. The molecule has 1 N–H and O–H groups in total. The molecule has 0 aliphatic rings. The van der Waals surface area contributed by atoms with Crippen LogP contribution in [-0.2, 0) is 6.42 Å². The molecule has 1 atom stereocenters. The van der Waals surface area contributed by atoms with Gasteiger partial charge in [0, 0.05) is 52.4 Å². The Morgan fingerprint density at radius 3 is 2.17 bits per heavy atom. The van der Waals surface area contributed by atoms with Gasteiger partial charge in [0.2, 0.25) is 0 Å². The average molecular weight is 705 g/mol. The SMILES string of the molecule is CCCCNc1cc2sc(-c3ncc(-c4cc5sc(-c6ccc(CCC(CC)CCCC)cc6F)cc5s4)c4nsnc34)cc2s1. The van der Waals surface area contributed by atoms with E-state index in [2.05, 4.69) is 60.8 Å². The molecule has 238 valence electrons. The number of hydrogen-bond acceptors (Lipinski definition) is 9. The Kier molecular flexibility index (Phi) is 9.79. The van der Waals surface area contributed by atoms with Gasteiger partial charge in [0.15, 0.2) is 0 Å². The maximum atomic E-state index is 15.4. The molecule has 4 nitrogen and oxygen atoms in total. The maximum absolute atomic E-state index is 15.4. The fraction of sp³-hybridized carbons (Fsp3) is 0.361. The van der Waals surface area contributed by atoms with E-state index >= 15 is 4.39 Å². The van der Waals surface area contributed by atoms with Crippen LogP contribution in [0, 0.1) is 11.7 Å². The van der Waals surface area contributed by atoms with E-state index in [9.17, 15) is 0 Å². The first-order valence-electron chi connectivity index (χ1n) is 16.3. The number of thiophene rings is 4. The van der Waals surface area contributed by atoms with Gasteiger partial charge in [-0.25, -0.2) is 4.39 Å². The molecule has 0 bridgehead atoms. The van der Waals surface area contributed by atoms with Crippen LogP contribution in [0.25, 0.3) is 61.3 Å². The highest BCUT2D eigenvalue weighted by Gasteiger charge is 2.20. The number of aryl methyl sites for hydroxylation is 1. The number of aromatic nitrogens is 3. The van der Waals surface area contributed by atoms with Crippen molar-refractivity contribution in [1.82, 2.24) is 13.7 Å². The zero-order valence-electron chi connectivity index (χ0n) is 26.3. The topological polar surface area (TPSA) is 50.7 Å². The van der Waals surface area contributed by atoms with Crippen molar-refractivity contribution in [2.45, 2.75) is 72.1 Å². The molecular weight excluding hydrogens is 668 g/mol. The fourth-order valence-corrected chi connectivity index (χ4v) is 11.3. The first-order chi connectivity index (χ1) is 22.5. The number of pyridine rings is 1. The van der Waals surface area contributed by atoms with E-state index < -0.39 is 0 Å². The Morgan fingerprint density at radius 2 is 1.43 bits per heavy atom. The minimum absolute atomic E-state index is 0.124. The van der Waals surface area contributed by atoms with Crippen LogP contribution in [-0.4, -0.2) is 20.3 Å². The summed E-state index contributed by atoms with van der Waals surface area (Å²) in [5, 5.41) is 4.77. The van der Waals surface area contributed by atoms with E-state index in [1.165, 1.54) is 64.7 Å². The molecule has 0 radical (unpaired) electrons. The van der Waals surface area contributed by atoms with E-state index in [0.29, 0.717) is 5.56 Å². The quantitative estimate of drug-likeness (QED) is 0.115. The van der Waals surface area contributed by atoms with Crippen molar-refractivity contribution >= 4 is 91.9 Å². The number of nitrogens with zero attached hydrogens (tertiary/aromatic N) is 3. The average Bonchev–Trinajstić information content (AvgIpc) is 3.87. The zero-order chi connectivity index (χ0) is 31.6. The summed E-state index contributed by atoms with van der Waals surface area (Å²) in [6.45, 7) is 7.74. The molecule has 0 spiro atoms. The van der Waals surface area contributed by atoms with Crippen molar-refractivity contribution in [1.29, 1.82) is 0 Å². The number of hydrogen-bond donors (Lipinski definition) is 1. The zero-order valence-corrected chi connectivity index (χ0v) is 30.4. The summed E-state index contributed by atoms with van der Waals surface area (Å²) < 4.78 is 29.6. The molecule has 0 amide bonds. The van der Waals surface area contributed by atoms with Gasteiger partial charge in [-0.3, -0.25) is 4.98 Å². The first kappa shape index (κ1) is 31.8. The van der Waals surface area contributed by atoms with Gasteiger partial charge < -0.3 is 5.32 Å². The molecule has 0 aliphatic heterocycles. The highest BCUT2D eigenvalue weighted by atomic mass is 32.1. The van der Waals surface area contributed by atoms with Gasteiger partial charge in [0.1, 0.15) is 22.5 Å². The van der Waals surface area contributed by atoms with Gasteiger partial charge >= 0.3 is 0 Å². The molecule has 0 saturated carbocycles. The smallest absolute Gasteiger partial charge is 0.132 e. The van der Waals surface area contributed by atoms with Crippen LogP contribution in [0.2, 0.25) is 0 Å². The lowest BCUT2D eigenvalue weighted by Crippen LogP contribution is -2.01. The summed E-state index contributed by atoms with van der Waals surface area (Å²) in [6, 6.07) is 14.7. The van der Waals surface area contributed by atoms with Crippen LogP contribution in [0.1, 0.15) is 71.3 Å². The maximum Gasteiger partial charge on any atom is 0.132 e. The molecule has 6 heterocycles. The molecule has 7 aromatic rings. The van der Waals surface area contributed by atoms with Gasteiger partial charge in [0.05, 0.1) is 21.6 Å². The van der Waals surface area contributed by atoms with Crippen molar-refractivity contribution in [2.75, 3.05) is 11.9 Å². The number of fused-ring (bicyclic) bond motifs is 3. The lowest BCUT2D eigenvalue weighted by atomic mass is 9.92. The number of rotatable bonds is 14. The van der Waals surface area contributed by atoms with Gasteiger partial charge in [-0.15, -0.1) is 45.3 Å². The minimum atomic E-state index is -0.124. The molecular formula is C36H37FN4S5. The van der Waals surface area contributed by atoms with Crippen LogP contribution < -0.4 is 5.32 Å². The molecule has 0 fully saturated rings. The second-order valence-corrected chi connectivity index (χ2v) is 16.8. The Morgan fingerprint density at radius 1 is 0.739 bits per heavy atom. The molecule has 10 heteroatoms. The third kappa shape index (κ3) is 6.52. The van der Waals surface area contributed by atoms with Gasteiger partial charge in [-0.2, -0.15) is 8.75 Å². The fourth-order valence-electron chi connectivity index (χ4n) is 5.99. The Balaban J connectivity index is 1.10. The summed E-state index contributed by atoms with van der Waals surface area (Å²) in [6.07, 6.45) is 11.4. The van der Waals surface area contributed by atoms with E-state index in [1.807, 2.05) is 12.3 Å². The van der Waals surface area contributed by atoms with Crippen LogP contribution in [0.3, 0.4) is 0 Å². The van der Waals surface area contributed by atoms with Crippen molar-refractivity contribution in [2.24, 2.45) is 5.92 Å². The van der Waals surface area contributed by atoms with Crippen LogP contribution in [0.4, 0.5) is 9.39 Å². The summed E-state index contributed by atoms with van der Waals surface area (Å²) in [5.41, 5.74) is 5.43. The molecule has 0 saturated heterocycles. The second-order valence-electron chi connectivity index (χ2n) is 11.9. The van der Waals surface area contributed by atoms with Gasteiger partial charge in [-0.05, 0) is 61.1 Å². The Bertz CT molecular complexity index is 2030. The van der Waals surface area contributed by atoms with Crippen molar-refractivity contribution in [3.8, 4) is 31.5 Å². The van der Waals surface area contributed by atoms with Gasteiger partial charge in [-0.1, -0.05) is 65.0 Å². The van der Waals surface area contributed by atoms with E-state index in [-0.39, 0.29) is 5.82 Å². The third-order valence-corrected chi connectivity index (χ3v) is 13.9. The van der Waals surface area contributed by atoms with Crippen LogP contribution in [0.15, 0.2) is 48.7 Å². The van der Waals surface area contributed by atoms with Crippen molar-refractivity contribution < 1.29 is 4.39 Å². The highest BCUT2D eigenvalue weighted by Crippen LogP contribution is 2.46. The number of nitrogens with one attached hydrogen (secondary N) is 1. The van der Waals surface area contributed by atoms with Crippen molar-refractivity contribution in [3.63, 3.8) is 0 Å². The lowest BCUT2D eigenvalue weighted by molar-refractivity contribution is 0.421. The number of unbranched alkanes of at least 4 members (excludes halogenated alkanes) is 2. The normalized spacial score (nSPS) is 12.6. The number of anilines is 1. The summed E-state index contributed by atoms with van der Waals surface area (Å²) >= 11 is 8.16. The third-order valence-electron chi connectivity index (χ3n) is 8.72. The highest BCUT2D eigenvalue weighted by molar-refractivity contribution is 7.31. The van der Waals surface area contributed by atoms with Gasteiger partial charge in [0.25, 0.3) is 0 Å². The predicted octanol–water partition coefficient (Wildman–Crippen LogP) is 13.1. The van der Waals surface area contributed by atoms with Crippen LogP contribution >= 0.6 is 57.1 Å². The van der Waals surface area contributed by atoms with E-state index in [4.69, 9.17) is 9.36 Å². The van der Waals surface area contributed by atoms with Crippen molar-refractivity contribution in [3.05, 3.63) is 60.0 Å². The predicted molar refractivity (Wildman–Crippen MR) is 203 cm³/mol. The standard InChI is InChI=1S/C36H37FN4S5/c1-4-7-9-21(6-3)10-11-22-12-13-23(25(37)15-22)26-16-28-29(42-26)17-27(43-28)24-20-39-35(36-34(24)40-46-41-36)32-18-30-31(44-32)19-33(45-30)38-14-8-5-2/h12-13,15-21,38H,4-11,14H2,1-3H3.